The normalized spacial score (nSPS) is 13.2. The first-order valence-corrected chi connectivity index (χ1v) is 22.1. The number of aromatic amines is 2. The standard InChI is InChI=1S/C51H56N6O10/c1-27(2)14-29(5)54-45(58)32-17-30(18-33(21-32)47(60)56-43(50(64)65)23-36-25-52-40-12-8-6-10-38(36)40)16-31-19-34(46(59)55-42(49(62)63)15-28(3)4)22-35(20-31)48(61)57-44(51(66)67)24-37-26-53-41-13-9-7-11-39(37)41/h6-13,17-22,25-29,42-44,52-53H,14-16,23-24H2,1-5H3,(H,54,58)(H,55,59)(H,56,60)(H,57,61)(H,62,63)(H,64,65)(H,66,67). The van der Waals surface area contributed by atoms with E-state index in [1.165, 1.54) is 30.3 Å². The van der Waals surface area contributed by atoms with Gasteiger partial charge in [-0.1, -0.05) is 64.1 Å². The summed E-state index contributed by atoms with van der Waals surface area (Å²) >= 11 is 0. The van der Waals surface area contributed by atoms with Crippen LogP contribution in [0.15, 0.2) is 97.3 Å². The molecule has 4 aromatic carbocycles. The molecule has 2 aromatic heterocycles. The van der Waals surface area contributed by atoms with Crippen molar-refractivity contribution in [3.63, 3.8) is 0 Å². The number of carbonyl (C=O) groups is 7. The first-order valence-electron chi connectivity index (χ1n) is 22.1. The molecule has 0 aliphatic heterocycles. The number of rotatable bonds is 21. The van der Waals surface area contributed by atoms with E-state index in [9.17, 15) is 48.9 Å². The highest BCUT2D eigenvalue weighted by atomic mass is 16.4. The van der Waals surface area contributed by atoms with E-state index in [4.69, 9.17) is 0 Å². The van der Waals surface area contributed by atoms with Crippen LogP contribution in [0.2, 0.25) is 0 Å². The molecule has 67 heavy (non-hydrogen) atoms. The smallest absolute Gasteiger partial charge is 0.326 e. The number of hydrogen-bond acceptors (Lipinski definition) is 7. The third-order valence-electron chi connectivity index (χ3n) is 11.4. The lowest BCUT2D eigenvalue weighted by atomic mass is 9.95. The van der Waals surface area contributed by atoms with Crippen molar-refractivity contribution < 1.29 is 48.9 Å². The van der Waals surface area contributed by atoms with Gasteiger partial charge in [0.2, 0.25) is 0 Å². The van der Waals surface area contributed by atoms with Gasteiger partial charge in [-0.05, 0) is 109 Å². The molecule has 0 saturated heterocycles. The van der Waals surface area contributed by atoms with Crippen LogP contribution in [0, 0.1) is 11.8 Å². The molecule has 4 atom stereocenters. The maximum absolute atomic E-state index is 14.1. The average Bonchev–Trinajstić information content (AvgIpc) is 3.88. The van der Waals surface area contributed by atoms with Gasteiger partial charge in [-0.25, -0.2) is 14.4 Å². The van der Waals surface area contributed by atoms with Gasteiger partial charge in [0, 0.05) is 75.3 Å². The van der Waals surface area contributed by atoms with Crippen molar-refractivity contribution >= 4 is 63.3 Å². The van der Waals surface area contributed by atoms with Crippen LogP contribution in [0.25, 0.3) is 21.8 Å². The number of benzene rings is 4. The van der Waals surface area contributed by atoms with Gasteiger partial charge in [-0.15, -0.1) is 0 Å². The molecule has 16 nitrogen and oxygen atoms in total. The number of hydrogen-bond donors (Lipinski definition) is 9. The zero-order valence-electron chi connectivity index (χ0n) is 37.9. The lowest BCUT2D eigenvalue weighted by Crippen LogP contribution is -2.43. The van der Waals surface area contributed by atoms with Crippen LogP contribution in [0.1, 0.15) is 111 Å². The molecule has 0 bridgehead atoms. The first-order chi connectivity index (χ1) is 31.8. The molecule has 0 aliphatic rings. The largest absolute Gasteiger partial charge is 0.480 e. The van der Waals surface area contributed by atoms with E-state index in [-0.39, 0.29) is 65.8 Å². The third-order valence-corrected chi connectivity index (χ3v) is 11.4. The lowest BCUT2D eigenvalue weighted by Gasteiger charge is -2.19. The number of para-hydroxylation sites is 2. The highest BCUT2D eigenvalue weighted by Gasteiger charge is 2.27. The second-order valence-electron chi connectivity index (χ2n) is 17.9. The summed E-state index contributed by atoms with van der Waals surface area (Å²) in [5, 5.41) is 42.7. The minimum absolute atomic E-state index is 0.0317. The topological polar surface area (TPSA) is 260 Å². The summed E-state index contributed by atoms with van der Waals surface area (Å²) in [5.41, 5.74) is 3.44. The van der Waals surface area contributed by atoms with E-state index in [1.807, 2.05) is 69.3 Å². The van der Waals surface area contributed by atoms with Gasteiger partial charge in [0.15, 0.2) is 0 Å². The number of H-pyrrole nitrogens is 2. The molecular formula is C51H56N6O10. The Bertz CT molecular complexity index is 2820. The Morgan fingerprint density at radius 3 is 1.21 bits per heavy atom. The Labute approximate surface area is 386 Å². The highest BCUT2D eigenvalue weighted by Crippen LogP contribution is 2.23. The summed E-state index contributed by atoms with van der Waals surface area (Å²) in [6.45, 7) is 9.49. The van der Waals surface area contributed by atoms with Gasteiger partial charge in [-0.2, -0.15) is 0 Å². The molecule has 4 amide bonds. The van der Waals surface area contributed by atoms with Crippen LogP contribution in [-0.2, 0) is 33.6 Å². The Hall–Kier alpha value is -7.75. The lowest BCUT2D eigenvalue weighted by molar-refractivity contribution is -0.140. The van der Waals surface area contributed by atoms with Crippen LogP contribution in [-0.4, -0.2) is 91.0 Å². The number of carboxylic acids is 3. The fourth-order valence-corrected chi connectivity index (χ4v) is 8.28. The Morgan fingerprint density at radius 2 is 0.836 bits per heavy atom. The SMILES string of the molecule is CC(C)CC(C)NC(=O)c1cc(Cc2cc(C(=O)NC(Cc3c[nH]c4ccccc34)C(=O)O)cc(C(=O)NC(CC(C)C)C(=O)O)c2)cc(C(=O)NC(Cc2c[nH]c3ccccc23)C(=O)O)c1. The van der Waals surface area contributed by atoms with E-state index in [1.54, 1.807) is 32.3 Å². The number of carbonyl (C=O) groups excluding carboxylic acids is 4. The fourth-order valence-electron chi connectivity index (χ4n) is 8.28. The molecule has 6 rings (SSSR count). The molecule has 0 fully saturated rings. The van der Waals surface area contributed by atoms with Gasteiger partial charge in [0.1, 0.15) is 18.1 Å². The summed E-state index contributed by atoms with van der Waals surface area (Å²) in [5.74, 6) is -6.57. The van der Waals surface area contributed by atoms with Crippen LogP contribution in [0.4, 0.5) is 0 Å². The van der Waals surface area contributed by atoms with E-state index in [2.05, 4.69) is 31.2 Å². The number of nitrogens with one attached hydrogen (secondary N) is 6. The monoisotopic (exact) mass is 912 g/mol. The summed E-state index contributed by atoms with van der Waals surface area (Å²) in [6, 6.07) is 18.9. The fraction of sp³-hybridized carbons (Fsp3) is 0.314. The van der Waals surface area contributed by atoms with Gasteiger partial charge in [0.25, 0.3) is 23.6 Å². The summed E-state index contributed by atoms with van der Waals surface area (Å²) in [4.78, 5) is 99.3. The summed E-state index contributed by atoms with van der Waals surface area (Å²) in [7, 11) is 0. The van der Waals surface area contributed by atoms with Gasteiger partial charge in [-0.3, -0.25) is 19.2 Å². The third kappa shape index (κ3) is 12.7. The second-order valence-corrected chi connectivity index (χ2v) is 17.9. The van der Waals surface area contributed by atoms with Crippen molar-refractivity contribution in [3.8, 4) is 0 Å². The minimum Gasteiger partial charge on any atom is -0.480 e. The van der Waals surface area contributed by atoms with Crippen molar-refractivity contribution in [1.82, 2.24) is 31.2 Å². The van der Waals surface area contributed by atoms with Gasteiger partial charge >= 0.3 is 17.9 Å². The maximum Gasteiger partial charge on any atom is 0.326 e. The number of fused-ring (bicyclic) bond motifs is 2. The van der Waals surface area contributed by atoms with E-state index < -0.39 is 59.7 Å². The van der Waals surface area contributed by atoms with Crippen LogP contribution in [0.3, 0.4) is 0 Å². The quantitative estimate of drug-likeness (QED) is 0.0379. The Kier molecular flexibility index (Phi) is 15.6. The van der Waals surface area contributed by atoms with Crippen LogP contribution >= 0.6 is 0 Å². The average molecular weight is 913 g/mol. The van der Waals surface area contributed by atoms with E-state index in [0.717, 1.165) is 21.8 Å². The Morgan fingerprint density at radius 1 is 0.478 bits per heavy atom. The molecule has 9 N–H and O–H groups in total. The van der Waals surface area contributed by atoms with Crippen LogP contribution in [0.5, 0.6) is 0 Å². The Balaban J connectivity index is 1.36. The van der Waals surface area contributed by atoms with E-state index >= 15 is 0 Å². The molecule has 350 valence electrons. The predicted molar refractivity (Wildman–Crippen MR) is 252 cm³/mol. The number of carboxylic acid groups (broad SMARTS) is 3. The van der Waals surface area contributed by atoms with E-state index in [0.29, 0.717) is 28.7 Å². The highest BCUT2D eigenvalue weighted by molar-refractivity contribution is 6.03. The zero-order chi connectivity index (χ0) is 48.5. The van der Waals surface area contributed by atoms with Crippen molar-refractivity contribution in [2.75, 3.05) is 0 Å². The maximum atomic E-state index is 14.1. The van der Waals surface area contributed by atoms with Crippen LogP contribution < -0.4 is 21.3 Å². The van der Waals surface area contributed by atoms with Crippen molar-refractivity contribution in [3.05, 3.63) is 142 Å². The molecule has 0 aliphatic carbocycles. The molecule has 2 heterocycles. The number of aromatic nitrogens is 2. The predicted octanol–water partition coefficient (Wildman–Crippen LogP) is 6.48. The number of amides is 4. The second kappa shape index (κ2) is 21.5. The zero-order valence-corrected chi connectivity index (χ0v) is 37.9. The summed E-state index contributed by atoms with van der Waals surface area (Å²) in [6.07, 6.45) is 3.93. The van der Waals surface area contributed by atoms with Gasteiger partial charge < -0.3 is 46.6 Å². The molecule has 16 heteroatoms. The number of aliphatic carboxylic acids is 3. The minimum atomic E-state index is -1.39. The first kappa shape index (κ1) is 48.7. The molecule has 0 saturated carbocycles. The van der Waals surface area contributed by atoms with Crippen molar-refractivity contribution in [2.45, 2.75) is 90.9 Å². The molecule has 0 radical (unpaired) electrons. The molecule has 0 spiro atoms. The van der Waals surface area contributed by atoms with Crippen molar-refractivity contribution in [1.29, 1.82) is 0 Å². The van der Waals surface area contributed by atoms with Crippen molar-refractivity contribution in [2.24, 2.45) is 11.8 Å². The molecule has 4 unspecified atom stereocenters. The molecular weight excluding hydrogens is 857 g/mol. The summed E-state index contributed by atoms with van der Waals surface area (Å²) < 4.78 is 0. The van der Waals surface area contributed by atoms with Gasteiger partial charge in [0.05, 0.1) is 0 Å². The molecule has 6 aromatic rings.